The van der Waals surface area contributed by atoms with Crippen molar-refractivity contribution < 1.29 is 4.79 Å². The van der Waals surface area contributed by atoms with E-state index in [4.69, 9.17) is 5.73 Å². The number of hydrogen-bond acceptors (Lipinski definition) is 2. The third-order valence-corrected chi connectivity index (χ3v) is 3.59. The average molecular weight is 232 g/mol. The van der Waals surface area contributed by atoms with Gasteiger partial charge in [-0.3, -0.25) is 4.79 Å². The van der Waals surface area contributed by atoms with Gasteiger partial charge in [0.05, 0.1) is 0 Å². The van der Waals surface area contributed by atoms with Crippen LogP contribution in [0.1, 0.15) is 36.8 Å². The van der Waals surface area contributed by atoms with E-state index >= 15 is 0 Å². The molecule has 3 N–H and O–H groups in total. The summed E-state index contributed by atoms with van der Waals surface area (Å²) < 4.78 is 0. The van der Waals surface area contributed by atoms with Gasteiger partial charge in [0.25, 0.3) is 0 Å². The van der Waals surface area contributed by atoms with Gasteiger partial charge < -0.3 is 11.1 Å². The van der Waals surface area contributed by atoms with Crippen molar-refractivity contribution >= 4 is 17.3 Å². The Labute approximate surface area is 102 Å². The number of aryl methyl sites for hydroxylation is 2. The summed E-state index contributed by atoms with van der Waals surface area (Å²) in [7, 11) is 0. The molecule has 17 heavy (non-hydrogen) atoms. The van der Waals surface area contributed by atoms with E-state index in [1.165, 1.54) is 19.3 Å². The maximum Gasteiger partial charge on any atom is 0.224 e. The molecule has 0 radical (unpaired) electrons. The second kappa shape index (κ2) is 4.78. The lowest BCUT2D eigenvalue weighted by Crippen LogP contribution is -2.21. The van der Waals surface area contributed by atoms with Crippen LogP contribution in [-0.4, -0.2) is 5.91 Å². The van der Waals surface area contributed by atoms with Crippen molar-refractivity contribution in [3.05, 3.63) is 23.3 Å². The number of nitrogens with two attached hydrogens (primary N) is 1. The zero-order chi connectivity index (χ0) is 12.4. The van der Waals surface area contributed by atoms with E-state index in [0.29, 0.717) is 12.3 Å². The molecule has 3 nitrogen and oxygen atoms in total. The van der Waals surface area contributed by atoms with E-state index in [2.05, 4.69) is 5.32 Å². The van der Waals surface area contributed by atoms with E-state index in [0.717, 1.165) is 22.5 Å². The Kier molecular flexibility index (Phi) is 3.36. The number of anilines is 2. The summed E-state index contributed by atoms with van der Waals surface area (Å²) >= 11 is 0. The molecule has 0 saturated heterocycles. The largest absolute Gasteiger partial charge is 0.399 e. The molecule has 1 aliphatic carbocycles. The van der Waals surface area contributed by atoms with Crippen molar-refractivity contribution in [2.75, 3.05) is 11.1 Å². The number of carbonyl (C=O) groups is 1. The number of rotatable bonds is 3. The molecule has 0 aliphatic heterocycles. The predicted molar refractivity (Wildman–Crippen MR) is 70.9 cm³/mol. The van der Waals surface area contributed by atoms with Crippen molar-refractivity contribution in [2.45, 2.75) is 39.5 Å². The Morgan fingerprint density at radius 3 is 2.65 bits per heavy atom. The lowest BCUT2D eigenvalue weighted by Gasteiger charge is -2.24. The Morgan fingerprint density at radius 1 is 1.35 bits per heavy atom. The summed E-state index contributed by atoms with van der Waals surface area (Å²) in [6.45, 7) is 3.92. The van der Waals surface area contributed by atoms with Crippen LogP contribution in [0.15, 0.2) is 12.1 Å². The molecule has 1 aromatic carbocycles. The molecule has 92 valence electrons. The first-order valence-electron chi connectivity index (χ1n) is 6.23. The minimum atomic E-state index is 0.127. The number of hydrogen-bond donors (Lipinski definition) is 2. The molecule has 0 spiro atoms. The number of nitrogens with one attached hydrogen (secondary N) is 1. The minimum absolute atomic E-state index is 0.127. The Hall–Kier alpha value is -1.51. The molecular formula is C14H20N2O. The van der Waals surface area contributed by atoms with Gasteiger partial charge in [-0.05, 0) is 55.9 Å². The molecule has 0 aromatic heterocycles. The van der Waals surface area contributed by atoms with Crippen LogP contribution in [0, 0.1) is 19.8 Å². The van der Waals surface area contributed by atoms with Crippen LogP contribution in [0.2, 0.25) is 0 Å². The Morgan fingerprint density at radius 2 is 2.06 bits per heavy atom. The van der Waals surface area contributed by atoms with E-state index in [-0.39, 0.29) is 5.91 Å². The highest BCUT2D eigenvalue weighted by atomic mass is 16.1. The van der Waals surface area contributed by atoms with Crippen molar-refractivity contribution in [3.63, 3.8) is 0 Å². The van der Waals surface area contributed by atoms with Gasteiger partial charge in [-0.15, -0.1) is 0 Å². The van der Waals surface area contributed by atoms with Gasteiger partial charge in [-0.25, -0.2) is 0 Å². The highest BCUT2D eigenvalue weighted by Gasteiger charge is 2.20. The monoisotopic (exact) mass is 232 g/mol. The second-order valence-corrected chi connectivity index (χ2v) is 5.07. The minimum Gasteiger partial charge on any atom is -0.399 e. The summed E-state index contributed by atoms with van der Waals surface area (Å²) in [4.78, 5) is 11.8. The molecule has 2 rings (SSSR count). The maximum atomic E-state index is 11.8. The van der Waals surface area contributed by atoms with Crippen LogP contribution >= 0.6 is 0 Å². The fraction of sp³-hybridized carbons (Fsp3) is 0.500. The number of carbonyl (C=O) groups excluding carboxylic acids is 1. The molecule has 1 aromatic rings. The van der Waals surface area contributed by atoms with E-state index in [1.807, 2.05) is 26.0 Å². The quantitative estimate of drug-likeness (QED) is 0.787. The summed E-state index contributed by atoms with van der Waals surface area (Å²) in [5, 5.41) is 2.98. The SMILES string of the molecule is Cc1cc(NC(=O)CC2CCC2)c(C)cc1N. The molecule has 0 atom stereocenters. The highest BCUT2D eigenvalue weighted by molar-refractivity contribution is 5.92. The fourth-order valence-corrected chi connectivity index (χ4v) is 2.13. The summed E-state index contributed by atoms with van der Waals surface area (Å²) in [6, 6.07) is 3.86. The number of nitrogen functional groups attached to an aromatic ring is 1. The number of amides is 1. The molecule has 1 fully saturated rings. The second-order valence-electron chi connectivity index (χ2n) is 5.07. The molecule has 1 aliphatic rings. The lowest BCUT2D eigenvalue weighted by molar-refractivity contribution is -0.117. The first kappa shape index (κ1) is 12.0. The summed E-state index contributed by atoms with van der Waals surface area (Å²) in [5.41, 5.74) is 9.52. The lowest BCUT2D eigenvalue weighted by atomic mass is 9.83. The fourth-order valence-electron chi connectivity index (χ4n) is 2.13. The zero-order valence-corrected chi connectivity index (χ0v) is 10.5. The van der Waals surface area contributed by atoms with Crippen LogP contribution in [0.5, 0.6) is 0 Å². The maximum absolute atomic E-state index is 11.8. The van der Waals surface area contributed by atoms with Gasteiger partial charge in [-0.2, -0.15) is 0 Å². The van der Waals surface area contributed by atoms with Crippen LogP contribution < -0.4 is 11.1 Å². The van der Waals surface area contributed by atoms with Crippen molar-refractivity contribution in [1.29, 1.82) is 0 Å². The zero-order valence-electron chi connectivity index (χ0n) is 10.5. The van der Waals surface area contributed by atoms with Gasteiger partial charge in [0.15, 0.2) is 0 Å². The van der Waals surface area contributed by atoms with Gasteiger partial charge in [-0.1, -0.05) is 6.42 Å². The van der Waals surface area contributed by atoms with Crippen molar-refractivity contribution in [3.8, 4) is 0 Å². The van der Waals surface area contributed by atoms with Crippen LogP contribution in [-0.2, 0) is 4.79 Å². The smallest absolute Gasteiger partial charge is 0.224 e. The average Bonchev–Trinajstić information content (AvgIpc) is 2.20. The van der Waals surface area contributed by atoms with Crippen molar-refractivity contribution in [1.82, 2.24) is 0 Å². The molecule has 0 unspecified atom stereocenters. The molecule has 3 heteroatoms. The van der Waals surface area contributed by atoms with Crippen LogP contribution in [0.4, 0.5) is 11.4 Å². The van der Waals surface area contributed by atoms with Gasteiger partial charge in [0.1, 0.15) is 0 Å². The van der Waals surface area contributed by atoms with Gasteiger partial charge >= 0.3 is 0 Å². The third kappa shape index (κ3) is 2.78. The highest BCUT2D eigenvalue weighted by Crippen LogP contribution is 2.30. The number of benzene rings is 1. The summed E-state index contributed by atoms with van der Waals surface area (Å²) in [5.74, 6) is 0.729. The third-order valence-electron chi connectivity index (χ3n) is 3.59. The summed E-state index contributed by atoms with van der Waals surface area (Å²) in [6.07, 6.45) is 4.33. The van der Waals surface area contributed by atoms with Crippen molar-refractivity contribution in [2.24, 2.45) is 5.92 Å². The Balaban J connectivity index is 2.02. The molecule has 1 amide bonds. The molecular weight excluding hydrogens is 212 g/mol. The van der Waals surface area contributed by atoms with Crippen LogP contribution in [0.3, 0.4) is 0 Å². The Bertz CT molecular complexity index is 436. The normalized spacial score (nSPS) is 15.4. The van der Waals surface area contributed by atoms with Crippen LogP contribution in [0.25, 0.3) is 0 Å². The predicted octanol–water partition coefficient (Wildman–Crippen LogP) is 3.01. The molecule has 1 saturated carbocycles. The molecule has 0 heterocycles. The van der Waals surface area contributed by atoms with Gasteiger partial charge in [0.2, 0.25) is 5.91 Å². The first-order valence-corrected chi connectivity index (χ1v) is 6.23. The first-order chi connectivity index (χ1) is 8.06. The van der Waals surface area contributed by atoms with Gasteiger partial charge in [0, 0.05) is 17.8 Å². The standard InChI is InChI=1S/C14H20N2O/c1-9-7-13(10(2)6-12(9)15)16-14(17)8-11-4-3-5-11/h6-7,11H,3-5,8,15H2,1-2H3,(H,16,17). The topological polar surface area (TPSA) is 55.1 Å². The van der Waals surface area contributed by atoms with E-state index in [1.54, 1.807) is 0 Å². The molecule has 0 bridgehead atoms. The van der Waals surface area contributed by atoms with E-state index < -0.39 is 0 Å². The van der Waals surface area contributed by atoms with E-state index in [9.17, 15) is 4.79 Å².